The van der Waals surface area contributed by atoms with Crippen molar-refractivity contribution in [1.29, 1.82) is 0 Å². The van der Waals surface area contributed by atoms with E-state index in [2.05, 4.69) is 24.5 Å². The smallest absolute Gasteiger partial charge is 0.0652 e. The highest BCUT2D eigenvalue weighted by Gasteiger charge is 2.48. The van der Waals surface area contributed by atoms with Crippen molar-refractivity contribution >= 4 is 0 Å². The van der Waals surface area contributed by atoms with Crippen LogP contribution in [-0.2, 0) is 4.74 Å². The quantitative estimate of drug-likeness (QED) is 0.736. The predicted octanol–water partition coefficient (Wildman–Crippen LogP) is 1.14. The maximum absolute atomic E-state index is 5.47. The molecule has 88 valence electrons. The predicted molar refractivity (Wildman–Crippen MR) is 62.0 cm³/mol. The minimum atomic E-state index is 0.298. The van der Waals surface area contributed by atoms with Crippen molar-refractivity contribution < 1.29 is 4.74 Å². The lowest BCUT2D eigenvalue weighted by Gasteiger charge is -2.52. The first-order valence-electron chi connectivity index (χ1n) is 6.14. The molecular formula is C12H24N2O. The Labute approximate surface area is 93.0 Å². The van der Waals surface area contributed by atoms with Crippen molar-refractivity contribution in [2.45, 2.75) is 51.3 Å². The largest absolute Gasteiger partial charge is 0.381 e. The Balaban J connectivity index is 1.81. The fraction of sp³-hybridized carbons (Fsp3) is 1.00. The lowest BCUT2D eigenvalue weighted by Crippen LogP contribution is -2.64. The molecule has 2 N–H and O–H groups in total. The molecule has 1 heterocycles. The summed E-state index contributed by atoms with van der Waals surface area (Å²) in [4.78, 5) is 0. The average molecular weight is 212 g/mol. The fourth-order valence-electron chi connectivity index (χ4n) is 2.85. The summed E-state index contributed by atoms with van der Waals surface area (Å²) in [6.45, 7) is 6.92. The zero-order chi connectivity index (χ0) is 10.9. The fourth-order valence-corrected chi connectivity index (χ4v) is 2.85. The van der Waals surface area contributed by atoms with Crippen LogP contribution in [0.3, 0.4) is 0 Å². The van der Waals surface area contributed by atoms with Crippen LogP contribution in [0.4, 0.5) is 0 Å². The number of hydrogen-bond acceptors (Lipinski definition) is 3. The van der Waals surface area contributed by atoms with Gasteiger partial charge in [-0.3, -0.25) is 0 Å². The maximum Gasteiger partial charge on any atom is 0.0652 e. The van der Waals surface area contributed by atoms with Gasteiger partial charge in [-0.15, -0.1) is 0 Å². The lowest BCUT2D eigenvalue weighted by molar-refractivity contribution is -0.101. The second kappa shape index (κ2) is 4.40. The van der Waals surface area contributed by atoms with E-state index in [-0.39, 0.29) is 0 Å². The third-order valence-electron chi connectivity index (χ3n) is 4.20. The van der Waals surface area contributed by atoms with Crippen LogP contribution in [-0.4, -0.2) is 38.4 Å². The standard InChI is InChI=1S/C12H24N2O/c1-12(2)10(7-11(12)15-3)14-9-5-4-6-13-8-9/h9-11,13-14H,4-8H2,1-3H3. The number of methoxy groups -OCH3 is 1. The van der Waals surface area contributed by atoms with E-state index in [1.165, 1.54) is 25.8 Å². The summed E-state index contributed by atoms with van der Waals surface area (Å²) < 4.78 is 5.47. The van der Waals surface area contributed by atoms with Gasteiger partial charge in [0, 0.05) is 31.2 Å². The van der Waals surface area contributed by atoms with Gasteiger partial charge in [-0.25, -0.2) is 0 Å². The minimum absolute atomic E-state index is 0.298. The Bertz CT molecular complexity index is 212. The topological polar surface area (TPSA) is 33.3 Å². The molecule has 0 amide bonds. The van der Waals surface area contributed by atoms with Crippen LogP contribution in [0.5, 0.6) is 0 Å². The molecule has 3 atom stereocenters. The molecule has 1 aliphatic carbocycles. The Morgan fingerprint density at radius 2 is 2.20 bits per heavy atom. The number of hydrogen-bond donors (Lipinski definition) is 2. The Hall–Kier alpha value is -0.120. The van der Waals surface area contributed by atoms with Gasteiger partial charge >= 0.3 is 0 Å². The van der Waals surface area contributed by atoms with Crippen molar-refractivity contribution in [2.24, 2.45) is 5.41 Å². The van der Waals surface area contributed by atoms with Gasteiger partial charge in [-0.05, 0) is 25.8 Å². The Morgan fingerprint density at radius 3 is 2.73 bits per heavy atom. The van der Waals surface area contributed by atoms with Crippen LogP contribution in [0.1, 0.15) is 33.1 Å². The Morgan fingerprint density at radius 1 is 1.40 bits per heavy atom. The summed E-state index contributed by atoms with van der Waals surface area (Å²) in [6.07, 6.45) is 4.22. The van der Waals surface area contributed by atoms with Crippen LogP contribution in [0.25, 0.3) is 0 Å². The highest BCUT2D eigenvalue weighted by molar-refractivity contribution is 5.03. The molecule has 0 aromatic heterocycles. The second-order valence-corrected chi connectivity index (χ2v) is 5.54. The van der Waals surface area contributed by atoms with Gasteiger partial charge in [0.05, 0.1) is 6.10 Å². The van der Waals surface area contributed by atoms with Gasteiger partial charge in [0.15, 0.2) is 0 Å². The molecule has 3 heteroatoms. The van der Waals surface area contributed by atoms with Crippen molar-refractivity contribution in [1.82, 2.24) is 10.6 Å². The highest BCUT2D eigenvalue weighted by atomic mass is 16.5. The normalized spacial score (nSPS) is 39.8. The van der Waals surface area contributed by atoms with E-state index in [1.807, 2.05) is 7.11 Å². The van der Waals surface area contributed by atoms with Gasteiger partial charge in [-0.1, -0.05) is 13.8 Å². The third kappa shape index (κ3) is 2.19. The van der Waals surface area contributed by atoms with Crippen LogP contribution in [0.15, 0.2) is 0 Å². The third-order valence-corrected chi connectivity index (χ3v) is 4.20. The molecule has 3 nitrogen and oxygen atoms in total. The molecule has 1 aliphatic heterocycles. The number of ether oxygens (including phenoxy) is 1. The Kier molecular flexibility index (Phi) is 3.33. The van der Waals surface area contributed by atoms with Crippen LogP contribution in [0, 0.1) is 5.41 Å². The van der Waals surface area contributed by atoms with Crippen molar-refractivity contribution in [3.05, 3.63) is 0 Å². The van der Waals surface area contributed by atoms with Gasteiger partial charge in [0.1, 0.15) is 0 Å². The summed E-state index contributed by atoms with van der Waals surface area (Å²) >= 11 is 0. The number of nitrogens with one attached hydrogen (secondary N) is 2. The van der Waals surface area contributed by atoms with E-state index in [0.717, 1.165) is 6.54 Å². The lowest BCUT2D eigenvalue weighted by atomic mass is 9.64. The molecule has 0 spiro atoms. The maximum atomic E-state index is 5.47. The molecule has 2 rings (SSSR count). The van der Waals surface area contributed by atoms with Crippen LogP contribution in [0.2, 0.25) is 0 Å². The van der Waals surface area contributed by atoms with Crippen LogP contribution < -0.4 is 10.6 Å². The van der Waals surface area contributed by atoms with Gasteiger partial charge < -0.3 is 15.4 Å². The van der Waals surface area contributed by atoms with Crippen molar-refractivity contribution in [2.75, 3.05) is 20.2 Å². The van der Waals surface area contributed by atoms with Crippen LogP contribution >= 0.6 is 0 Å². The molecule has 0 bridgehead atoms. The van der Waals surface area contributed by atoms with Gasteiger partial charge in [-0.2, -0.15) is 0 Å². The molecule has 0 radical (unpaired) electrons. The van der Waals surface area contributed by atoms with Crippen molar-refractivity contribution in [3.63, 3.8) is 0 Å². The molecule has 15 heavy (non-hydrogen) atoms. The molecule has 2 fully saturated rings. The van der Waals surface area contributed by atoms with E-state index in [4.69, 9.17) is 4.74 Å². The second-order valence-electron chi connectivity index (χ2n) is 5.54. The zero-order valence-electron chi connectivity index (χ0n) is 10.2. The molecule has 2 aliphatic rings. The molecule has 1 saturated heterocycles. The first-order valence-corrected chi connectivity index (χ1v) is 6.14. The summed E-state index contributed by atoms with van der Waals surface area (Å²) in [5.41, 5.74) is 0.298. The molecule has 0 aromatic rings. The van der Waals surface area contributed by atoms with E-state index in [0.29, 0.717) is 23.6 Å². The molecule has 3 unspecified atom stereocenters. The molecule has 1 saturated carbocycles. The summed E-state index contributed by atoms with van der Waals surface area (Å²) in [7, 11) is 1.82. The summed E-state index contributed by atoms with van der Waals surface area (Å²) in [5, 5.41) is 7.21. The van der Waals surface area contributed by atoms with Crippen molar-refractivity contribution in [3.8, 4) is 0 Å². The summed E-state index contributed by atoms with van der Waals surface area (Å²) in [6, 6.07) is 1.30. The molecular weight excluding hydrogens is 188 g/mol. The SMILES string of the molecule is COC1CC(NC2CCCNC2)C1(C)C. The van der Waals surface area contributed by atoms with Gasteiger partial charge in [0.2, 0.25) is 0 Å². The van der Waals surface area contributed by atoms with E-state index in [9.17, 15) is 0 Å². The first kappa shape index (κ1) is 11.4. The zero-order valence-corrected chi connectivity index (χ0v) is 10.2. The number of rotatable bonds is 3. The highest BCUT2D eigenvalue weighted by Crippen LogP contribution is 2.42. The molecule has 0 aromatic carbocycles. The average Bonchev–Trinajstić information content (AvgIpc) is 2.25. The minimum Gasteiger partial charge on any atom is -0.381 e. The van der Waals surface area contributed by atoms with E-state index in [1.54, 1.807) is 0 Å². The van der Waals surface area contributed by atoms with E-state index >= 15 is 0 Å². The first-order chi connectivity index (χ1) is 7.14. The summed E-state index contributed by atoms with van der Waals surface area (Å²) in [5.74, 6) is 0. The monoisotopic (exact) mass is 212 g/mol. The van der Waals surface area contributed by atoms with E-state index < -0.39 is 0 Å². The number of piperidine rings is 1. The van der Waals surface area contributed by atoms with Gasteiger partial charge in [0.25, 0.3) is 0 Å².